The zero-order valence-corrected chi connectivity index (χ0v) is 16.2. The Morgan fingerprint density at radius 3 is 2.64 bits per heavy atom. The van der Waals surface area contributed by atoms with Crippen LogP contribution in [0.25, 0.3) is 0 Å². The lowest BCUT2D eigenvalue weighted by atomic mass is 9.89. The Kier molecular flexibility index (Phi) is 6.70. The fourth-order valence-corrected chi connectivity index (χ4v) is 4.94. The second kappa shape index (κ2) is 8.99. The number of aromatic nitrogens is 1. The van der Waals surface area contributed by atoms with E-state index in [4.69, 9.17) is 0 Å². The number of carbonyl (C=O) groups excluding carboxylic acids is 1. The number of hydrogen-bond acceptors (Lipinski definition) is 4. The Morgan fingerprint density at radius 1 is 1.12 bits per heavy atom. The maximum atomic E-state index is 12.6. The minimum Gasteiger partial charge on any atom is -0.341 e. The van der Waals surface area contributed by atoms with Gasteiger partial charge < -0.3 is 14.4 Å². The molecule has 0 atom stereocenters. The molecule has 0 N–H and O–H groups in total. The lowest BCUT2D eigenvalue weighted by molar-refractivity contribution is -0.131. The normalized spacial score (nSPS) is 20.6. The number of aryl methyl sites for hydroxylation is 1. The number of nitrogens with zero attached hydrogens (tertiary/aromatic N) is 3. The van der Waals surface area contributed by atoms with Gasteiger partial charge in [-0.25, -0.2) is 0 Å². The molecule has 0 bridgehead atoms. The summed E-state index contributed by atoms with van der Waals surface area (Å²) in [7, 11) is 0. The van der Waals surface area contributed by atoms with Crippen molar-refractivity contribution in [3.63, 3.8) is 0 Å². The second-order valence-corrected chi connectivity index (χ2v) is 8.40. The van der Waals surface area contributed by atoms with Crippen molar-refractivity contribution in [1.82, 2.24) is 14.4 Å². The third kappa shape index (κ3) is 5.17. The van der Waals surface area contributed by atoms with Gasteiger partial charge in [-0.1, -0.05) is 30.6 Å². The van der Waals surface area contributed by atoms with Crippen molar-refractivity contribution in [2.24, 2.45) is 5.92 Å². The highest BCUT2D eigenvalue weighted by Crippen LogP contribution is 2.24. The molecule has 1 aliphatic carbocycles. The lowest BCUT2D eigenvalue weighted by Gasteiger charge is -2.28. The monoisotopic (exact) mass is 365 g/mol. The Morgan fingerprint density at radius 2 is 1.92 bits per heavy atom. The zero-order chi connectivity index (χ0) is 17.6. The van der Waals surface area contributed by atoms with Gasteiger partial charge in [-0.15, -0.1) is 0 Å². The van der Waals surface area contributed by atoms with E-state index in [-0.39, 0.29) is 10.8 Å². The maximum absolute atomic E-state index is 12.6. The van der Waals surface area contributed by atoms with Crippen LogP contribution in [0.15, 0.2) is 10.2 Å². The largest absolute Gasteiger partial charge is 0.341 e. The minimum atomic E-state index is 0.0415. The Hall–Kier alpha value is -1.14. The SMILES string of the molecule is Cc1csc(=O)n1CCC(=O)N1CCCN(CC2CCCCC2)CC1. The van der Waals surface area contributed by atoms with Crippen molar-refractivity contribution in [2.75, 3.05) is 32.7 Å². The molecule has 2 heterocycles. The van der Waals surface area contributed by atoms with Gasteiger partial charge >= 0.3 is 4.87 Å². The second-order valence-electron chi connectivity index (χ2n) is 7.58. The van der Waals surface area contributed by atoms with Crippen molar-refractivity contribution in [2.45, 2.75) is 58.4 Å². The van der Waals surface area contributed by atoms with Crippen LogP contribution < -0.4 is 4.87 Å². The van der Waals surface area contributed by atoms with E-state index < -0.39 is 0 Å². The highest BCUT2D eigenvalue weighted by atomic mass is 32.1. The molecule has 1 saturated carbocycles. The van der Waals surface area contributed by atoms with Crippen LogP contribution >= 0.6 is 11.3 Å². The van der Waals surface area contributed by atoms with E-state index >= 15 is 0 Å². The van der Waals surface area contributed by atoms with Gasteiger partial charge in [0.05, 0.1) is 0 Å². The predicted molar refractivity (Wildman–Crippen MR) is 102 cm³/mol. The van der Waals surface area contributed by atoms with E-state index in [1.807, 2.05) is 17.2 Å². The van der Waals surface area contributed by atoms with Crippen LogP contribution in [-0.4, -0.2) is 53.0 Å². The highest BCUT2D eigenvalue weighted by Gasteiger charge is 2.22. The molecule has 0 unspecified atom stereocenters. The van der Waals surface area contributed by atoms with Crippen molar-refractivity contribution in [3.8, 4) is 0 Å². The van der Waals surface area contributed by atoms with E-state index in [0.29, 0.717) is 13.0 Å². The molecule has 1 aromatic rings. The van der Waals surface area contributed by atoms with Crippen LogP contribution in [0, 0.1) is 12.8 Å². The highest BCUT2D eigenvalue weighted by molar-refractivity contribution is 7.07. The van der Waals surface area contributed by atoms with Gasteiger partial charge in [-0.05, 0) is 38.6 Å². The number of thiazole rings is 1. The first-order valence-electron chi connectivity index (χ1n) is 9.78. The third-order valence-corrected chi connectivity index (χ3v) is 6.59. The van der Waals surface area contributed by atoms with E-state index in [1.54, 1.807) is 4.57 Å². The van der Waals surface area contributed by atoms with Gasteiger partial charge in [0.25, 0.3) is 0 Å². The minimum absolute atomic E-state index is 0.0415. The van der Waals surface area contributed by atoms with E-state index in [0.717, 1.165) is 44.2 Å². The van der Waals surface area contributed by atoms with Crippen molar-refractivity contribution < 1.29 is 4.79 Å². The average Bonchev–Trinajstić information content (AvgIpc) is 2.81. The van der Waals surface area contributed by atoms with Gasteiger partial charge in [-0.3, -0.25) is 9.59 Å². The summed E-state index contributed by atoms with van der Waals surface area (Å²) in [6.45, 7) is 7.46. The van der Waals surface area contributed by atoms with Gasteiger partial charge in [0.15, 0.2) is 0 Å². The van der Waals surface area contributed by atoms with Gasteiger partial charge in [-0.2, -0.15) is 0 Å². The van der Waals surface area contributed by atoms with Gasteiger partial charge in [0, 0.05) is 50.2 Å². The molecule has 0 aromatic carbocycles. The molecule has 1 aliphatic heterocycles. The summed E-state index contributed by atoms with van der Waals surface area (Å²) in [4.78, 5) is 28.9. The van der Waals surface area contributed by atoms with Crippen LogP contribution in [0.5, 0.6) is 0 Å². The number of rotatable bonds is 5. The Labute approximate surface area is 154 Å². The molecule has 1 amide bonds. The van der Waals surface area contributed by atoms with Crippen molar-refractivity contribution >= 4 is 17.2 Å². The van der Waals surface area contributed by atoms with Gasteiger partial charge in [0.2, 0.25) is 5.91 Å². The molecule has 2 aliphatic rings. The Balaban J connectivity index is 1.45. The number of amides is 1. The molecule has 140 valence electrons. The molecule has 6 heteroatoms. The molecule has 5 nitrogen and oxygen atoms in total. The Bertz CT molecular complexity index is 618. The fourth-order valence-electron chi connectivity index (χ4n) is 4.18. The smallest absolute Gasteiger partial charge is 0.307 e. The first kappa shape index (κ1) is 18.6. The summed E-state index contributed by atoms with van der Waals surface area (Å²) < 4.78 is 1.72. The average molecular weight is 366 g/mol. The molecular formula is C19H31N3O2S. The third-order valence-electron chi connectivity index (χ3n) is 5.71. The first-order valence-corrected chi connectivity index (χ1v) is 10.7. The van der Waals surface area contributed by atoms with Gasteiger partial charge in [0.1, 0.15) is 0 Å². The molecule has 25 heavy (non-hydrogen) atoms. The van der Waals surface area contributed by atoms with Crippen LogP contribution in [0.1, 0.15) is 50.6 Å². The van der Waals surface area contributed by atoms with Crippen LogP contribution in [0.3, 0.4) is 0 Å². The summed E-state index contributed by atoms with van der Waals surface area (Å²) in [6, 6.07) is 0. The fraction of sp³-hybridized carbons (Fsp3) is 0.789. The van der Waals surface area contributed by atoms with E-state index in [2.05, 4.69) is 4.90 Å². The standard InChI is InChI=1S/C19H31N3O2S/c1-16-15-25-19(24)22(16)11-8-18(23)21-10-5-9-20(12-13-21)14-17-6-3-2-4-7-17/h15,17H,2-14H2,1H3. The summed E-state index contributed by atoms with van der Waals surface area (Å²) >= 11 is 1.21. The molecule has 0 radical (unpaired) electrons. The summed E-state index contributed by atoms with van der Waals surface area (Å²) in [6.07, 6.45) is 8.46. The zero-order valence-electron chi connectivity index (χ0n) is 15.4. The number of hydrogen-bond donors (Lipinski definition) is 0. The maximum Gasteiger partial charge on any atom is 0.307 e. The van der Waals surface area contributed by atoms with E-state index in [9.17, 15) is 9.59 Å². The summed E-state index contributed by atoms with van der Waals surface area (Å²) in [5.41, 5.74) is 0.956. The van der Waals surface area contributed by atoms with Crippen molar-refractivity contribution in [1.29, 1.82) is 0 Å². The predicted octanol–water partition coefficient (Wildman–Crippen LogP) is 2.72. The lowest BCUT2D eigenvalue weighted by Crippen LogP contribution is -2.37. The molecule has 3 rings (SSSR count). The number of carbonyl (C=O) groups is 1. The molecule has 1 saturated heterocycles. The first-order chi connectivity index (χ1) is 12.1. The van der Waals surface area contributed by atoms with Crippen LogP contribution in [0.4, 0.5) is 0 Å². The molecule has 2 fully saturated rings. The summed E-state index contributed by atoms with van der Waals surface area (Å²) in [5, 5.41) is 1.86. The molecule has 0 spiro atoms. The van der Waals surface area contributed by atoms with Crippen LogP contribution in [0.2, 0.25) is 0 Å². The molecule has 1 aromatic heterocycles. The summed E-state index contributed by atoms with van der Waals surface area (Å²) in [5.74, 6) is 1.06. The quantitative estimate of drug-likeness (QED) is 0.806. The van der Waals surface area contributed by atoms with Crippen molar-refractivity contribution in [3.05, 3.63) is 20.7 Å². The molecular weight excluding hydrogens is 334 g/mol. The van der Waals surface area contributed by atoms with E-state index in [1.165, 1.54) is 50.0 Å². The topological polar surface area (TPSA) is 45.6 Å². The van der Waals surface area contributed by atoms with Crippen LogP contribution in [-0.2, 0) is 11.3 Å².